The highest BCUT2D eigenvalue weighted by molar-refractivity contribution is 6.31. The summed E-state index contributed by atoms with van der Waals surface area (Å²) in [5.41, 5.74) is 1.48. The molecule has 0 saturated carbocycles. The van der Waals surface area contributed by atoms with E-state index in [1.165, 1.54) is 0 Å². The van der Waals surface area contributed by atoms with Gasteiger partial charge in [0, 0.05) is 25.2 Å². The van der Waals surface area contributed by atoms with E-state index in [4.69, 9.17) is 11.6 Å². The second kappa shape index (κ2) is 6.93. The highest BCUT2D eigenvalue weighted by Crippen LogP contribution is 2.23. The fraction of sp³-hybridized carbons (Fsp3) is 0.222. The molecule has 3 rings (SSSR count). The fourth-order valence-electron chi connectivity index (χ4n) is 2.55. The zero-order chi connectivity index (χ0) is 17.1. The van der Waals surface area contributed by atoms with Crippen molar-refractivity contribution in [3.63, 3.8) is 0 Å². The van der Waals surface area contributed by atoms with Crippen LogP contribution in [0.4, 0.5) is 10.5 Å². The lowest BCUT2D eigenvalue weighted by atomic mass is 10.1. The molecule has 0 fully saturated rings. The van der Waals surface area contributed by atoms with Crippen molar-refractivity contribution in [2.75, 3.05) is 12.4 Å². The molecule has 0 aliphatic carbocycles. The largest absolute Gasteiger partial charge is 0.322 e. The van der Waals surface area contributed by atoms with Crippen molar-refractivity contribution in [3.8, 4) is 0 Å². The molecule has 24 heavy (non-hydrogen) atoms. The maximum absolute atomic E-state index is 12.5. The summed E-state index contributed by atoms with van der Waals surface area (Å²) in [6, 6.07) is 13.6. The van der Waals surface area contributed by atoms with Crippen LogP contribution in [0.3, 0.4) is 0 Å². The number of urea groups is 1. The average molecular weight is 343 g/mol. The maximum Gasteiger partial charge on any atom is 0.321 e. The van der Waals surface area contributed by atoms with E-state index in [1.807, 2.05) is 49.4 Å². The minimum Gasteiger partial charge on any atom is -0.322 e. The van der Waals surface area contributed by atoms with Crippen molar-refractivity contribution in [1.29, 1.82) is 0 Å². The smallest absolute Gasteiger partial charge is 0.321 e. The number of aromatic nitrogens is 2. The molecule has 0 spiro atoms. The Hall–Kier alpha value is -2.53. The van der Waals surface area contributed by atoms with Crippen molar-refractivity contribution < 1.29 is 4.79 Å². The zero-order valence-corrected chi connectivity index (χ0v) is 14.4. The predicted molar refractivity (Wildman–Crippen MR) is 97.3 cm³/mol. The number of carbonyl (C=O) groups is 1. The highest BCUT2D eigenvalue weighted by atomic mass is 35.5. The van der Waals surface area contributed by atoms with Crippen LogP contribution in [0.25, 0.3) is 10.8 Å². The maximum atomic E-state index is 12.5. The molecular weight excluding hydrogens is 324 g/mol. The minimum atomic E-state index is -0.200. The van der Waals surface area contributed by atoms with Crippen LogP contribution in [0.1, 0.15) is 12.6 Å². The predicted octanol–water partition coefficient (Wildman–Crippen LogP) is 4.37. The third-order valence-corrected chi connectivity index (χ3v) is 4.19. The fourth-order valence-corrected chi connectivity index (χ4v) is 2.76. The van der Waals surface area contributed by atoms with Gasteiger partial charge in [0.05, 0.1) is 17.3 Å². The number of halogens is 1. The van der Waals surface area contributed by atoms with E-state index in [0.717, 1.165) is 23.0 Å². The Kier molecular flexibility index (Phi) is 4.71. The molecule has 0 radical (unpaired) electrons. The van der Waals surface area contributed by atoms with Gasteiger partial charge in [0.1, 0.15) is 5.69 Å². The van der Waals surface area contributed by atoms with Gasteiger partial charge in [-0.1, -0.05) is 48.0 Å². The number of hydrogen-bond donors (Lipinski definition) is 1. The summed E-state index contributed by atoms with van der Waals surface area (Å²) >= 11 is 6.17. The van der Waals surface area contributed by atoms with Crippen molar-refractivity contribution in [2.45, 2.75) is 20.0 Å². The SMILES string of the molecule is CCn1cc(Cl)c(CN(C)C(=O)Nc2cccc3ccccc23)n1. The van der Waals surface area contributed by atoms with Crippen LogP contribution in [-0.4, -0.2) is 27.8 Å². The third-order valence-electron chi connectivity index (χ3n) is 3.88. The summed E-state index contributed by atoms with van der Waals surface area (Å²) in [5.74, 6) is 0. The lowest BCUT2D eigenvalue weighted by Crippen LogP contribution is -2.31. The van der Waals surface area contributed by atoms with Gasteiger partial charge in [-0.25, -0.2) is 4.79 Å². The quantitative estimate of drug-likeness (QED) is 0.765. The number of nitrogens with zero attached hydrogens (tertiary/aromatic N) is 3. The molecule has 0 atom stereocenters. The molecule has 1 heterocycles. The van der Waals surface area contributed by atoms with Gasteiger partial charge >= 0.3 is 6.03 Å². The van der Waals surface area contributed by atoms with E-state index < -0.39 is 0 Å². The number of nitrogens with one attached hydrogen (secondary N) is 1. The van der Waals surface area contributed by atoms with E-state index in [2.05, 4.69) is 10.4 Å². The van der Waals surface area contributed by atoms with Crippen LogP contribution in [0.2, 0.25) is 5.02 Å². The Labute approximate surface area is 145 Å². The Morgan fingerprint density at radius 1 is 1.25 bits per heavy atom. The van der Waals surface area contributed by atoms with Gasteiger partial charge in [0.25, 0.3) is 0 Å². The summed E-state index contributed by atoms with van der Waals surface area (Å²) in [6.07, 6.45) is 1.77. The van der Waals surface area contributed by atoms with Gasteiger partial charge in [-0.2, -0.15) is 5.10 Å². The molecule has 1 aromatic heterocycles. The first-order valence-electron chi connectivity index (χ1n) is 7.80. The molecule has 5 nitrogen and oxygen atoms in total. The molecule has 3 aromatic rings. The molecule has 2 amide bonds. The van der Waals surface area contributed by atoms with Gasteiger partial charge in [-0.3, -0.25) is 4.68 Å². The number of fused-ring (bicyclic) bond motifs is 1. The molecular formula is C18H19ClN4O. The van der Waals surface area contributed by atoms with Crippen molar-refractivity contribution in [2.24, 2.45) is 0 Å². The van der Waals surface area contributed by atoms with Gasteiger partial charge in [-0.15, -0.1) is 0 Å². The number of aryl methyl sites for hydroxylation is 1. The lowest BCUT2D eigenvalue weighted by Gasteiger charge is -2.18. The van der Waals surface area contributed by atoms with Crippen LogP contribution in [0.15, 0.2) is 48.7 Å². The monoisotopic (exact) mass is 342 g/mol. The van der Waals surface area contributed by atoms with Gasteiger partial charge in [0.15, 0.2) is 0 Å². The van der Waals surface area contributed by atoms with Crippen molar-refractivity contribution >= 4 is 34.1 Å². The summed E-state index contributed by atoms with van der Waals surface area (Å²) in [7, 11) is 1.72. The number of amides is 2. The minimum absolute atomic E-state index is 0.200. The molecule has 2 aromatic carbocycles. The second-order valence-electron chi connectivity index (χ2n) is 5.59. The van der Waals surface area contributed by atoms with Gasteiger partial charge in [-0.05, 0) is 18.4 Å². The van der Waals surface area contributed by atoms with E-state index in [-0.39, 0.29) is 6.03 Å². The molecule has 0 aliphatic rings. The Bertz CT molecular complexity index is 869. The summed E-state index contributed by atoms with van der Waals surface area (Å²) in [5, 5.41) is 9.99. The van der Waals surface area contributed by atoms with E-state index >= 15 is 0 Å². The van der Waals surface area contributed by atoms with Crippen LogP contribution in [-0.2, 0) is 13.1 Å². The number of rotatable bonds is 4. The number of carbonyl (C=O) groups excluding carboxylic acids is 1. The Balaban J connectivity index is 1.75. The molecule has 0 unspecified atom stereocenters. The first-order chi connectivity index (χ1) is 11.6. The molecule has 0 bridgehead atoms. The number of benzene rings is 2. The van der Waals surface area contributed by atoms with E-state index in [0.29, 0.717) is 17.3 Å². The molecule has 124 valence electrons. The first-order valence-corrected chi connectivity index (χ1v) is 8.18. The van der Waals surface area contributed by atoms with Crippen molar-refractivity contribution in [3.05, 3.63) is 59.4 Å². The van der Waals surface area contributed by atoms with E-state index in [9.17, 15) is 4.79 Å². The normalized spacial score (nSPS) is 10.8. The van der Waals surface area contributed by atoms with Gasteiger partial charge in [0.2, 0.25) is 0 Å². The van der Waals surface area contributed by atoms with Crippen LogP contribution >= 0.6 is 11.6 Å². The molecule has 0 saturated heterocycles. The summed E-state index contributed by atoms with van der Waals surface area (Å²) < 4.78 is 1.76. The Morgan fingerprint density at radius 2 is 2.00 bits per heavy atom. The third kappa shape index (κ3) is 3.36. The number of hydrogen-bond acceptors (Lipinski definition) is 2. The topological polar surface area (TPSA) is 50.2 Å². The Morgan fingerprint density at radius 3 is 2.75 bits per heavy atom. The number of anilines is 1. The molecule has 1 N–H and O–H groups in total. The van der Waals surface area contributed by atoms with Crippen molar-refractivity contribution in [1.82, 2.24) is 14.7 Å². The molecule has 6 heteroatoms. The standard InChI is InChI=1S/C18H19ClN4O/c1-3-23-11-15(19)17(21-23)12-22(2)18(24)20-16-10-6-8-13-7-4-5-9-14(13)16/h4-11H,3,12H2,1-2H3,(H,20,24). The van der Waals surface area contributed by atoms with Gasteiger partial charge < -0.3 is 10.2 Å². The molecule has 0 aliphatic heterocycles. The average Bonchev–Trinajstić information content (AvgIpc) is 2.95. The first kappa shape index (κ1) is 16.3. The summed E-state index contributed by atoms with van der Waals surface area (Å²) in [6.45, 7) is 3.08. The summed E-state index contributed by atoms with van der Waals surface area (Å²) in [4.78, 5) is 14.1. The van der Waals surface area contributed by atoms with E-state index in [1.54, 1.807) is 22.8 Å². The lowest BCUT2D eigenvalue weighted by molar-refractivity contribution is 0.220. The second-order valence-corrected chi connectivity index (χ2v) is 6.00. The van der Waals surface area contributed by atoms with Crippen LogP contribution in [0.5, 0.6) is 0 Å². The highest BCUT2D eigenvalue weighted by Gasteiger charge is 2.15. The van der Waals surface area contributed by atoms with Crippen LogP contribution in [0, 0.1) is 0 Å². The zero-order valence-electron chi connectivity index (χ0n) is 13.7. The van der Waals surface area contributed by atoms with Crippen LogP contribution < -0.4 is 5.32 Å².